The molecular weight excluding hydrogens is 359 g/mol. The molecule has 1 aliphatic carbocycles. The van der Waals surface area contributed by atoms with Crippen molar-refractivity contribution in [1.29, 1.82) is 0 Å². The predicted octanol–water partition coefficient (Wildman–Crippen LogP) is 4.17. The molecule has 27 heavy (non-hydrogen) atoms. The Labute approximate surface area is 157 Å². The Hall–Kier alpha value is -1.76. The van der Waals surface area contributed by atoms with E-state index in [2.05, 4.69) is 13.8 Å². The van der Waals surface area contributed by atoms with Crippen LogP contribution in [-0.2, 0) is 4.79 Å². The van der Waals surface area contributed by atoms with Crippen molar-refractivity contribution in [3.63, 3.8) is 0 Å². The van der Waals surface area contributed by atoms with Gasteiger partial charge in [-0.1, -0.05) is 13.8 Å². The number of hydrogen-bond acceptors (Lipinski definition) is 3. The number of nitrogens with zero attached hydrogens (tertiary/aromatic N) is 1. The SMILES string of the molecule is CC(C)C1CC2(CCC1O)CCN(c1ccc(OCC(F)(F)F)cc1)C2=O. The first kappa shape index (κ1) is 20.0. The molecule has 3 unspecified atom stereocenters. The quantitative estimate of drug-likeness (QED) is 0.846. The highest BCUT2D eigenvalue weighted by molar-refractivity contribution is 6.00. The van der Waals surface area contributed by atoms with Crippen molar-refractivity contribution in [3.8, 4) is 5.75 Å². The molecule has 1 N–H and O–H groups in total. The van der Waals surface area contributed by atoms with Crippen LogP contribution in [0.3, 0.4) is 0 Å². The van der Waals surface area contributed by atoms with Gasteiger partial charge in [0.2, 0.25) is 5.91 Å². The van der Waals surface area contributed by atoms with E-state index in [4.69, 9.17) is 4.74 Å². The van der Waals surface area contributed by atoms with Gasteiger partial charge in [-0.25, -0.2) is 0 Å². The minimum Gasteiger partial charge on any atom is -0.484 e. The second-order valence-corrected chi connectivity index (χ2v) is 8.10. The number of anilines is 1. The lowest BCUT2D eigenvalue weighted by Crippen LogP contribution is -2.44. The first-order valence-corrected chi connectivity index (χ1v) is 9.41. The topological polar surface area (TPSA) is 49.8 Å². The van der Waals surface area contributed by atoms with Crippen LogP contribution in [0.5, 0.6) is 5.75 Å². The van der Waals surface area contributed by atoms with Crippen molar-refractivity contribution < 1.29 is 27.8 Å². The highest BCUT2D eigenvalue weighted by atomic mass is 19.4. The van der Waals surface area contributed by atoms with E-state index in [9.17, 15) is 23.1 Å². The number of aliphatic hydroxyl groups excluding tert-OH is 1. The Morgan fingerprint density at radius 3 is 2.52 bits per heavy atom. The van der Waals surface area contributed by atoms with Gasteiger partial charge in [-0.05, 0) is 61.8 Å². The summed E-state index contributed by atoms with van der Waals surface area (Å²) >= 11 is 0. The van der Waals surface area contributed by atoms with Gasteiger partial charge in [-0.3, -0.25) is 4.79 Å². The Morgan fingerprint density at radius 2 is 1.93 bits per heavy atom. The van der Waals surface area contributed by atoms with Crippen LogP contribution >= 0.6 is 0 Å². The number of hydrogen-bond donors (Lipinski definition) is 1. The number of carbonyl (C=O) groups excluding carboxylic acids is 1. The number of amides is 1. The number of halogens is 3. The summed E-state index contributed by atoms with van der Waals surface area (Å²) in [4.78, 5) is 14.9. The van der Waals surface area contributed by atoms with Gasteiger partial charge in [0.1, 0.15) is 5.75 Å². The van der Waals surface area contributed by atoms with Gasteiger partial charge in [0.15, 0.2) is 6.61 Å². The second kappa shape index (κ2) is 7.34. The molecule has 1 aromatic carbocycles. The zero-order chi connectivity index (χ0) is 19.8. The molecule has 1 heterocycles. The third-order valence-electron chi connectivity index (χ3n) is 5.96. The molecule has 0 aromatic heterocycles. The number of carbonyl (C=O) groups is 1. The Kier molecular flexibility index (Phi) is 5.43. The summed E-state index contributed by atoms with van der Waals surface area (Å²) in [6.45, 7) is 3.40. The molecule has 0 bridgehead atoms. The van der Waals surface area contributed by atoms with Crippen LogP contribution in [0.1, 0.15) is 39.5 Å². The van der Waals surface area contributed by atoms with E-state index in [1.165, 1.54) is 12.1 Å². The van der Waals surface area contributed by atoms with Gasteiger partial charge < -0.3 is 14.7 Å². The lowest BCUT2D eigenvalue weighted by molar-refractivity contribution is -0.153. The highest BCUT2D eigenvalue weighted by Crippen LogP contribution is 2.49. The van der Waals surface area contributed by atoms with Crippen molar-refractivity contribution in [2.24, 2.45) is 17.3 Å². The van der Waals surface area contributed by atoms with Crippen molar-refractivity contribution in [2.75, 3.05) is 18.1 Å². The molecule has 1 saturated carbocycles. The van der Waals surface area contributed by atoms with E-state index < -0.39 is 18.2 Å². The summed E-state index contributed by atoms with van der Waals surface area (Å²) in [6.07, 6.45) is -2.00. The average molecular weight is 385 g/mol. The summed E-state index contributed by atoms with van der Waals surface area (Å²) < 4.78 is 41.4. The molecule has 0 radical (unpaired) electrons. The summed E-state index contributed by atoms with van der Waals surface area (Å²) in [5, 5.41) is 10.3. The van der Waals surface area contributed by atoms with Crippen LogP contribution < -0.4 is 9.64 Å². The molecule has 1 aliphatic heterocycles. The number of rotatable bonds is 4. The minimum absolute atomic E-state index is 0.0593. The van der Waals surface area contributed by atoms with Gasteiger partial charge in [-0.15, -0.1) is 0 Å². The fraction of sp³-hybridized carbons (Fsp3) is 0.650. The van der Waals surface area contributed by atoms with E-state index in [0.717, 1.165) is 6.42 Å². The van der Waals surface area contributed by atoms with E-state index in [0.29, 0.717) is 37.4 Å². The highest BCUT2D eigenvalue weighted by Gasteiger charge is 2.51. The molecule has 1 saturated heterocycles. The normalized spacial score (nSPS) is 29.0. The van der Waals surface area contributed by atoms with E-state index in [1.807, 2.05) is 0 Å². The standard InChI is InChI=1S/C20H26F3NO3/c1-13(2)16-11-19(8-7-17(16)25)9-10-24(18(19)26)14-3-5-15(6-4-14)27-12-20(21,22)23/h3-6,13,16-17,25H,7-12H2,1-2H3. The number of ether oxygens (including phenoxy) is 1. The lowest BCUT2D eigenvalue weighted by atomic mass is 9.65. The molecule has 150 valence electrons. The summed E-state index contributed by atoms with van der Waals surface area (Å²) in [6, 6.07) is 6.17. The molecule has 7 heteroatoms. The largest absolute Gasteiger partial charge is 0.484 e. The number of alkyl halides is 3. The molecule has 1 aromatic rings. The molecule has 3 atom stereocenters. The average Bonchev–Trinajstić information content (AvgIpc) is 2.91. The monoisotopic (exact) mass is 385 g/mol. The van der Waals surface area contributed by atoms with Crippen molar-refractivity contribution in [2.45, 2.75) is 51.8 Å². The maximum atomic E-state index is 13.2. The van der Waals surface area contributed by atoms with Crippen molar-refractivity contribution in [3.05, 3.63) is 24.3 Å². The zero-order valence-electron chi connectivity index (χ0n) is 15.6. The lowest BCUT2D eigenvalue weighted by Gasteiger charge is -2.41. The van der Waals surface area contributed by atoms with Crippen LogP contribution in [0, 0.1) is 17.3 Å². The molecular formula is C20H26F3NO3. The summed E-state index contributed by atoms with van der Waals surface area (Å²) in [5.74, 6) is 0.604. The number of benzene rings is 1. The maximum absolute atomic E-state index is 13.2. The molecule has 1 amide bonds. The number of aliphatic hydroxyl groups is 1. The molecule has 1 spiro atoms. The first-order chi connectivity index (χ1) is 12.6. The van der Waals surface area contributed by atoms with Crippen LogP contribution in [0.15, 0.2) is 24.3 Å². The van der Waals surface area contributed by atoms with Crippen molar-refractivity contribution >= 4 is 11.6 Å². The Morgan fingerprint density at radius 1 is 1.26 bits per heavy atom. The first-order valence-electron chi connectivity index (χ1n) is 9.41. The maximum Gasteiger partial charge on any atom is 0.422 e. The fourth-order valence-electron chi connectivity index (χ4n) is 4.38. The van der Waals surface area contributed by atoms with Crippen LogP contribution in [0.4, 0.5) is 18.9 Å². The van der Waals surface area contributed by atoms with Gasteiger partial charge in [0.05, 0.1) is 11.5 Å². The minimum atomic E-state index is -4.38. The Bertz CT molecular complexity index is 674. The van der Waals surface area contributed by atoms with E-state index in [1.54, 1.807) is 17.0 Å². The molecule has 4 nitrogen and oxygen atoms in total. The summed E-state index contributed by atoms with van der Waals surface area (Å²) in [5.41, 5.74) is 0.239. The van der Waals surface area contributed by atoms with Gasteiger partial charge >= 0.3 is 6.18 Å². The predicted molar refractivity (Wildman–Crippen MR) is 95.6 cm³/mol. The third-order valence-corrected chi connectivity index (χ3v) is 5.96. The summed E-state index contributed by atoms with van der Waals surface area (Å²) in [7, 11) is 0. The molecule has 2 fully saturated rings. The van der Waals surface area contributed by atoms with Gasteiger partial charge in [0, 0.05) is 12.2 Å². The van der Waals surface area contributed by atoms with Crippen molar-refractivity contribution in [1.82, 2.24) is 0 Å². The van der Waals surface area contributed by atoms with Gasteiger partial charge in [0.25, 0.3) is 0 Å². The zero-order valence-corrected chi connectivity index (χ0v) is 15.6. The van der Waals surface area contributed by atoms with Crippen LogP contribution in [0.25, 0.3) is 0 Å². The smallest absolute Gasteiger partial charge is 0.422 e. The van der Waals surface area contributed by atoms with E-state index in [-0.39, 0.29) is 23.7 Å². The fourth-order valence-corrected chi connectivity index (χ4v) is 4.38. The second-order valence-electron chi connectivity index (χ2n) is 8.10. The van der Waals surface area contributed by atoms with E-state index >= 15 is 0 Å². The van der Waals surface area contributed by atoms with Gasteiger partial charge in [-0.2, -0.15) is 13.2 Å². The van der Waals surface area contributed by atoms with Crippen LogP contribution in [-0.4, -0.2) is 36.4 Å². The van der Waals surface area contributed by atoms with Crippen LogP contribution in [0.2, 0.25) is 0 Å². The third kappa shape index (κ3) is 4.23. The molecule has 3 rings (SSSR count). The Balaban J connectivity index is 1.70. The molecule has 2 aliphatic rings.